The summed E-state index contributed by atoms with van der Waals surface area (Å²) < 4.78 is 0. The molecular formula is C12H14N2O2S2. The first-order chi connectivity index (χ1) is 8.29. The lowest BCUT2D eigenvalue weighted by atomic mass is 9.91. The summed E-state index contributed by atoms with van der Waals surface area (Å²) in [5.74, 6) is -0.921. The Balaban J connectivity index is 2.56. The molecule has 18 heavy (non-hydrogen) atoms. The largest absolute Gasteiger partial charge is 0.477 e. The van der Waals surface area contributed by atoms with Gasteiger partial charge in [-0.05, 0) is 6.92 Å². The van der Waals surface area contributed by atoms with Crippen LogP contribution in [0.4, 0.5) is 0 Å². The van der Waals surface area contributed by atoms with E-state index in [9.17, 15) is 9.90 Å². The molecule has 0 fully saturated rings. The van der Waals surface area contributed by atoms with Crippen molar-refractivity contribution in [2.45, 2.75) is 33.1 Å². The van der Waals surface area contributed by atoms with Gasteiger partial charge in [0.25, 0.3) is 0 Å². The number of carboxylic acid groups (broad SMARTS) is 1. The minimum atomic E-state index is -0.921. The Morgan fingerprint density at radius 1 is 1.33 bits per heavy atom. The summed E-state index contributed by atoms with van der Waals surface area (Å²) in [6.45, 7) is 7.81. The van der Waals surface area contributed by atoms with Gasteiger partial charge in [0.15, 0.2) is 0 Å². The van der Waals surface area contributed by atoms with Gasteiger partial charge < -0.3 is 5.11 Å². The topological polar surface area (TPSA) is 63.1 Å². The third-order valence-corrected chi connectivity index (χ3v) is 4.21. The molecule has 6 heteroatoms. The van der Waals surface area contributed by atoms with Crippen LogP contribution < -0.4 is 0 Å². The molecule has 2 aromatic rings. The standard InChI is InChI=1S/C12H14N2O2S2/c1-6-13-7(5-17-6)10-14-9(12(2,3)4)8(18-10)11(15)16/h5H,1-4H3,(H,15,16). The van der Waals surface area contributed by atoms with Gasteiger partial charge in [0, 0.05) is 10.8 Å². The number of hydrogen-bond donors (Lipinski definition) is 1. The van der Waals surface area contributed by atoms with Crippen molar-refractivity contribution in [1.82, 2.24) is 9.97 Å². The molecule has 0 saturated carbocycles. The first-order valence-corrected chi connectivity index (χ1v) is 7.16. The normalized spacial score (nSPS) is 11.8. The SMILES string of the molecule is Cc1nc(-c2nc(C(C)(C)C)c(C(=O)O)s2)cs1. The second-order valence-electron chi connectivity index (χ2n) is 5.00. The molecule has 2 heterocycles. The van der Waals surface area contributed by atoms with Crippen molar-refractivity contribution in [3.05, 3.63) is 21.0 Å². The number of carboxylic acids is 1. The molecule has 0 amide bonds. The zero-order valence-electron chi connectivity index (χ0n) is 10.6. The quantitative estimate of drug-likeness (QED) is 0.914. The molecule has 0 spiro atoms. The van der Waals surface area contributed by atoms with Crippen LogP contribution in [0.3, 0.4) is 0 Å². The number of aromatic nitrogens is 2. The first-order valence-electron chi connectivity index (χ1n) is 5.46. The second kappa shape index (κ2) is 4.44. The molecule has 0 unspecified atom stereocenters. The summed E-state index contributed by atoms with van der Waals surface area (Å²) >= 11 is 2.73. The maximum Gasteiger partial charge on any atom is 0.347 e. The average molecular weight is 282 g/mol. The monoisotopic (exact) mass is 282 g/mol. The van der Waals surface area contributed by atoms with E-state index in [4.69, 9.17) is 0 Å². The molecule has 0 bridgehead atoms. The van der Waals surface area contributed by atoms with Crippen LogP contribution in [0.5, 0.6) is 0 Å². The Morgan fingerprint density at radius 3 is 2.39 bits per heavy atom. The molecule has 0 aromatic carbocycles. The number of thiazole rings is 2. The number of rotatable bonds is 2. The number of hydrogen-bond acceptors (Lipinski definition) is 5. The van der Waals surface area contributed by atoms with Gasteiger partial charge in [-0.2, -0.15) is 0 Å². The van der Waals surface area contributed by atoms with Gasteiger partial charge in [-0.15, -0.1) is 22.7 Å². The average Bonchev–Trinajstić information content (AvgIpc) is 2.81. The van der Waals surface area contributed by atoms with Crippen LogP contribution in [-0.2, 0) is 5.41 Å². The molecule has 4 nitrogen and oxygen atoms in total. The molecule has 0 aliphatic heterocycles. The van der Waals surface area contributed by atoms with Crippen molar-refractivity contribution in [3.63, 3.8) is 0 Å². The number of nitrogens with zero attached hydrogens (tertiary/aromatic N) is 2. The summed E-state index contributed by atoms with van der Waals surface area (Å²) in [6, 6.07) is 0. The lowest BCUT2D eigenvalue weighted by Gasteiger charge is -2.15. The van der Waals surface area contributed by atoms with Gasteiger partial charge in [0.05, 0.1) is 10.7 Å². The van der Waals surface area contributed by atoms with Crippen molar-refractivity contribution < 1.29 is 9.90 Å². The fourth-order valence-electron chi connectivity index (χ4n) is 1.54. The first kappa shape index (κ1) is 13.2. The van der Waals surface area contributed by atoms with Crippen LogP contribution in [0.15, 0.2) is 5.38 Å². The van der Waals surface area contributed by atoms with Crippen molar-refractivity contribution in [2.24, 2.45) is 0 Å². The van der Waals surface area contributed by atoms with E-state index in [-0.39, 0.29) is 5.41 Å². The van der Waals surface area contributed by atoms with Gasteiger partial charge in [0.1, 0.15) is 15.6 Å². The molecule has 0 aliphatic carbocycles. The third kappa shape index (κ3) is 2.44. The maximum atomic E-state index is 11.3. The fourth-order valence-corrected chi connectivity index (χ4v) is 3.29. The number of carbonyl (C=O) groups is 1. The zero-order chi connectivity index (χ0) is 13.5. The van der Waals surface area contributed by atoms with Gasteiger partial charge in [0.2, 0.25) is 0 Å². The predicted molar refractivity (Wildman–Crippen MR) is 73.6 cm³/mol. The van der Waals surface area contributed by atoms with Gasteiger partial charge in [-0.1, -0.05) is 20.8 Å². The summed E-state index contributed by atoms with van der Waals surface area (Å²) in [7, 11) is 0. The van der Waals surface area contributed by atoms with Crippen LogP contribution in [0.25, 0.3) is 10.7 Å². The molecule has 0 saturated heterocycles. The minimum Gasteiger partial charge on any atom is -0.477 e. The van der Waals surface area contributed by atoms with Crippen LogP contribution in [0.2, 0.25) is 0 Å². The van der Waals surface area contributed by atoms with E-state index in [1.54, 1.807) is 0 Å². The number of aryl methyl sites for hydroxylation is 1. The molecule has 96 valence electrons. The van der Waals surface area contributed by atoms with Gasteiger partial charge >= 0.3 is 5.97 Å². The highest BCUT2D eigenvalue weighted by Crippen LogP contribution is 2.34. The molecule has 1 N–H and O–H groups in total. The molecule has 2 rings (SSSR count). The highest BCUT2D eigenvalue weighted by molar-refractivity contribution is 7.17. The van der Waals surface area contributed by atoms with Gasteiger partial charge in [-0.25, -0.2) is 14.8 Å². The summed E-state index contributed by atoms with van der Waals surface area (Å²) in [6.07, 6.45) is 0. The van der Waals surface area contributed by atoms with E-state index >= 15 is 0 Å². The Morgan fingerprint density at radius 2 is 2.00 bits per heavy atom. The van der Waals surface area contributed by atoms with E-state index in [0.717, 1.165) is 10.7 Å². The molecule has 0 atom stereocenters. The summed E-state index contributed by atoms with van der Waals surface area (Å²) in [4.78, 5) is 20.4. The lowest BCUT2D eigenvalue weighted by Crippen LogP contribution is -2.16. The van der Waals surface area contributed by atoms with Crippen LogP contribution in [-0.4, -0.2) is 21.0 Å². The molecule has 0 aliphatic rings. The summed E-state index contributed by atoms with van der Waals surface area (Å²) in [5, 5.41) is 12.8. The highest BCUT2D eigenvalue weighted by Gasteiger charge is 2.27. The zero-order valence-corrected chi connectivity index (χ0v) is 12.3. The van der Waals surface area contributed by atoms with Crippen LogP contribution in [0.1, 0.15) is 41.1 Å². The van der Waals surface area contributed by atoms with E-state index in [2.05, 4.69) is 9.97 Å². The van der Waals surface area contributed by atoms with Crippen LogP contribution in [0, 0.1) is 6.92 Å². The van der Waals surface area contributed by atoms with E-state index in [1.165, 1.54) is 22.7 Å². The van der Waals surface area contributed by atoms with E-state index < -0.39 is 5.97 Å². The number of aromatic carboxylic acids is 1. The predicted octanol–water partition coefficient (Wildman–Crippen LogP) is 3.57. The molecular weight excluding hydrogens is 268 g/mol. The Bertz CT molecular complexity index is 593. The Hall–Kier alpha value is -1.27. The molecule has 0 radical (unpaired) electrons. The van der Waals surface area contributed by atoms with Crippen molar-refractivity contribution >= 4 is 28.6 Å². The van der Waals surface area contributed by atoms with Gasteiger partial charge in [-0.3, -0.25) is 0 Å². The lowest BCUT2D eigenvalue weighted by molar-refractivity contribution is 0.0699. The Labute approximate surface area is 113 Å². The second-order valence-corrected chi connectivity index (χ2v) is 7.06. The summed E-state index contributed by atoms with van der Waals surface area (Å²) in [5.41, 5.74) is 1.11. The highest BCUT2D eigenvalue weighted by atomic mass is 32.1. The van der Waals surface area contributed by atoms with Crippen molar-refractivity contribution in [3.8, 4) is 10.7 Å². The van der Waals surface area contributed by atoms with E-state index in [0.29, 0.717) is 15.6 Å². The molecule has 2 aromatic heterocycles. The Kier molecular flexibility index (Phi) is 3.25. The maximum absolute atomic E-state index is 11.3. The minimum absolute atomic E-state index is 0.284. The third-order valence-electron chi connectivity index (χ3n) is 2.37. The van der Waals surface area contributed by atoms with E-state index in [1.807, 2.05) is 33.1 Å². The van der Waals surface area contributed by atoms with Crippen molar-refractivity contribution in [2.75, 3.05) is 0 Å². The van der Waals surface area contributed by atoms with Crippen molar-refractivity contribution in [1.29, 1.82) is 0 Å². The smallest absolute Gasteiger partial charge is 0.347 e. The fraction of sp³-hybridized carbons (Fsp3) is 0.417. The van der Waals surface area contributed by atoms with Crippen LogP contribution >= 0.6 is 22.7 Å².